The molecule has 4 N–H and O–H groups in total. The third-order valence-corrected chi connectivity index (χ3v) is 5.18. The Kier molecular flexibility index (Phi) is 5.59. The van der Waals surface area contributed by atoms with Crippen molar-refractivity contribution in [3.63, 3.8) is 0 Å². The van der Waals surface area contributed by atoms with Crippen molar-refractivity contribution in [2.45, 2.75) is 0 Å². The number of benzene rings is 3. The number of carbonyl (C=O) groups is 6. The number of nitrogens with zero attached hydrogens (tertiary/aromatic N) is 1. The molecular formula is C24H14N2O9. The van der Waals surface area contributed by atoms with Gasteiger partial charge in [-0.05, 0) is 54.6 Å². The van der Waals surface area contributed by atoms with Crippen LogP contribution in [0.1, 0.15) is 62.1 Å². The van der Waals surface area contributed by atoms with E-state index in [1.54, 1.807) is 0 Å². The molecule has 11 heteroatoms. The van der Waals surface area contributed by atoms with Gasteiger partial charge >= 0.3 is 17.9 Å². The Bertz CT molecular complexity index is 1440. The summed E-state index contributed by atoms with van der Waals surface area (Å²) in [5.74, 6) is -6.25. The number of hydrogen-bond donors (Lipinski definition) is 4. The number of carboxylic acid groups (broad SMARTS) is 3. The maximum absolute atomic E-state index is 13.0. The zero-order valence-corrected chi connectivity index (χ0v) is 17.5. The lowest BCUT2D eigenvalue weighted by Gasteiger charge is -2.14. The van der Waals surface area contributed by atoms with Gasteiger partial charge in [-0.15, -0.1) is 0 Å². The lowest BCUT2D eigenvalue weighted by atomic mass is 10.0. The first-order valence-corrected chi connectivity index (χ1v) is 9.86. The van der Waals surface area contributed by atoms with E-state index in [1.807, 2.05) is 0 Å². The van der Waals surface area contributed by atoms with E-state index in [0.29, 0.717) is 0 Å². The van der Waals surface area contributed by atoms with Crippen molar-refractivity contribution in [2.75, 3.05) is 10.2 Å². The molecule has 174 valence electrons. The Morgan fingerprint density at radius 2 is 1.23 bits per heavy atom. The topological polar surface area (TPSA) is 178 Å². The average Bonchev–Trinajstić information content (AvgIpc) is 3.08. The van der Waals surface area contributed by atoms with Gasteiger partial charge in [0.05, 0.1) is 33.5 Å². The molecule has 0 radical (unpaired) electrons. The summed E-state index contributed by atoms with van der Waals surface area (Å²) in [6.45, 7) is 0. The average molecular weight is 474 g/mol. The van der Waals surface area contributed by atoms with E-state index < -0.39 is 35.6 Å². The Morgan fingerprint density at radius 1 is 0.629 bits per heavy atom. The lowest BCUT2D eigenvalue weighted by molar-refractivity contribution is 0.0682. The summed E-state index contributed by atoms with van der Waals surface area (Å²) in [6, 6.07) is 12.1. The number of rotatable bonds is 6. The largest absolute Gasteiger partial charge is 0.478 e. The van der Waals surface area contributed by atoms with Crippen LogP contribution in [0, 0.1) is 0 Å². The molecule has 4 rings (SSSR count). The van der Waals surface area contributed by atoms with Gasteiger partial charge in [-0.3, -0.25) is 14.4 Å². The van der Waals surface area contributed by atoms with Crippen LogP contribution in [-0.2, 0) is 0 Å². The van der Waals surface area contributed by atoms with Gasteiger partial charge in [-0.25, -0.2) is 19.3 Å². The second-order valence-electron chi connectivity index (χ2n) is 7.43. The summed E-state index contributed by atoms with van der Waals surface area (Å²) in [4.78, 5) is 73.1. The summed E-state index contributed by atoms with van der Waals surface area (Å²) in [5.41, 5.74) is -1.01. The highest BCUT2D eigenvalue weighted by molar-refractivity contribution is 6.35. The highest BCUT2D eigenvalue weighted by Gasteiger charge is 2.37. The maximum atomic E-state index is 13.0. The number of hydrogen-bond acceptors (Lipinski definition) is 6. The first kappa shape index (κ1) is 22.9. The second kappa shape index (κ2) is 8.56. The van der Waals surface area contributed by atoms with E-state index >= 15 is 0 Å². The fourth-order valence-electron chi connectivity index (χ4n) is 3.54. The van der Waals surface area contributed by atoms with Crippen LogP contribution in [0.5, 0.6) is 0 Å². The lowest BCUT2D eigenvalue weighted by Crippen LogP contribution is -2.29. The predicted octanol–water partition coefficient (Wildman–Crippen LogP) is 2.83. The molecule has 3 aromatic carbocycles. The molecule has 0 saturated heterocycles. The number of fused-ring (bicyclic) bond motifs is 1. The molecular weight excluding hydrogens is 460 g/mol. The smallest absolute Gasteiger partial charge is 0.335 e. The van der Waals surface area contributed by atoms with E-state index in [-0.39, 0.29) is 44.8 Å². The quantitative estimate of drug-likeness (QED) is 0.391. The van der Waals surface area contributed by atoms with Crippen LogP contribution >= 0.6 is 0 Å². The van der Waals surface area contributed by atoms with Crippen LogP contribution in [0.3, 0.4) is 0 Å². The highest BCUT2D eigenvalue weighted by Crippen LogP contribution is 2.30. The normalized spacial score (nSPS) is 12.3. The second-order valence-corrected chi connectivity index (χ2v) is 7.43. The van der Waals surface area contributed by atoms with Crippen LogP contribution in [0.4, 0.5) is 11.4 Å². The van der Waals surface area contributed by atoms with Gasteiger partial charge in [-0.1, -0.05) is 6.07 Å². The summed E-state index contributed by atoms with van der Waals surface area (Å²) in [6.07, 6.45) is 0. The molecule has 1 aliphatic heterocycles. The number of aromatic carboxylic acids is 3. The number of anilines is 2. The van der Waals surface area contributed by atoms with Crippen molar-refractivity contribution >= 4 is 47.0 Å². The molecule has 0 aromatic heterocycles. The summed E-state index contributed by atoms with van der Waals surface area (Å²) < 4.78 is 0. The molecule has 0 bridgehead atoms. The highest BCUT2D eigenvalue weighted by atomic mass is 16.4. The predicted molar refractivity (Wildman–Crippen MR) is 119 cm³/mol. The van der Waals surface area contributed by atoms with Crippen LogP contribution in [0.2, 0.25) is 0 Å². The molecule has 11 nitrogen and oxygen atoms in total. The molecule has 3 amide bonds. The number of nitrogens with one attached hydrogen (secondary N) is 1. The third kappa shape index (κ3) is 4.20. The van der Waals surface area contributed by atoms with Crippen LogP contribution in [-0.4, -0.2) is 50.9 Å². The van der Waals surface area contributed by atoms with Gasteiger partial charge in [-0.2, -0.15) is 0 Å². The molecule has 1 heterocycles. The zero-order chi connectivity index (χ0) is 25.4. The Morgan fingerprint density at radius 3 is 1.83 bits per heavy atom. The first-order valence-electron chi connectivity index (χ1n) is 9.86. The SMILES string of the molecule is O=C(O)c1cc(NC(=O)c2ccc3c(c2)C(=O)N(c2cccc(C(=O)O)c2)C3=O)cc(C(=O)O)c1. The maximum Gasteiger partial charge on any atom is 0.335 e. The minimum Gasteiger partial charge on any atom is -0.478 e. The standard InChI is InChI=1S/C24H14N2O9/c27-19(25-15-7-13(23(32)33)6-14(8-15)24(34)35)11-4-5-17-18(10-11)21(29)26(20(17)28)16-3-1-2-12(9-16)22(30)31/h1-10H,(H,25,27)(H,30,31)(H,32,33)(H,34,35). The minimum atomic E-state index is -1.39. The number of amides is 3. The van der Waals surface area contributed by atoms with E-state index in [1.165, 1.54) is 42.5 Å². The van der Waals surface area contributed by atoms with Crippen LogP contribution in [0.25, 0.3) is 0 Å². The van der Waals surface area contributed by atoms with Crippen LogP contribution in [0.15, 0.2) is 60.7 Å². The molecule has 1 aliphatic rings. The van der Waals surface area contributed by atoms with E-state index in [0.717, 1.165) is 23.1 Å². The molecule has 3 aromatic rings. The number of imide groups is 1. The summed E-state index contributed by atoms with van der Waals surface area (Å²) in [5, 5.41) is 29.9. The fourth-order valence-corrected chi connectivity index (χ4v) is 3.54. The Labute approximate surface area is 195 Å². The molecule has 0 unspecified atom stereocenters. The van der Waals surface area contributed by atoms with E-state index in [4.69, 9.17) is 0 Å². The monoisotopic (exact) mass is 474 g/mol. The molecule has 35 heavy (non-hydrogen) atoms. The number of carbonyl (C=O) groups excluding carboxylic acids is 3. The minimum absolute atomic E-state index is 0.00770. The van der Waals surface area contributed by atoms with Gasteiger partial charge in [0.25, 0.3) is 17.7 Å². The Hall–Kier alpha value is -5.32. The van der Waals surface area contributed by atoms with Crippen molar-refractivity contribution < 1.29 is 44.1 Å². The van der Waals surface area contributed by atoms with Gasteiger partial charge in [0.2, 0.25) is 0 Å². The Balaban J connectivity index is 1.64. The molecule has 0 atom stereocenters. The van der Waals surface area contributed by atoms with Crippen molar-refractivity contribution in [3.8, 4) is 0 Å². The van der Waals surface area contributed by atoms with E-state index in [2.05, 4.69) is 5.32 Å². The summed E-state index contributed by atoms with van der Waals surface area (Å²) in [7, 11) is 0. The van der Waals surface area contributed by atoms with Crippen molar-refractivity contribution in [2.24, 2.45) is 0 Å². The summed E-state index contributed by atoms with van der Waals surface area (Å²) >= 11 is 0. The van der Waals surface area contributed by atoms with Gasteiger partial charge < -0.3 is 20.6 Å². The number of carboxylic acids is 3. The van der Waals surface area contributed by atoms with E-state index in [9.17, 15) is 44.1 Å². The van der Waals surface area contributed by atoms with Crippen molar-refractivity contribution in [1.29, 1.82) is 0 Å². The first-order chi connectivity index (χ1) is 16.6. The van der Waals surface area contributed by atoms with Gasteiger partial charge in [0.1, 0.15) is 0 Å². The van der Waals surface area contributed by atoms with Crippen LogP contribution < -0.4 is 10.2 Å². The van der Waals surface area contributed by atoms with Gasteiger partial charge in [0, 0.05) is 11.3 Å². The molecule has 0 fully saturated rings. The third-order valence-electron chi connectivity index (χ3n) is 5.18. The van der Waals surface area contributed by atoms with Crippen molar-refractivity contribution in [1.82, 2.24) is 0 Å². The molecule has 0 aliphatic carbocycles. The van der Waals surface area contributed by atoms with Gasteiger partial charge in [0.15, 0.2) is 0 Å². The zero-order valence-electron chi connectivity index (χ0n) is 17.5. The fraction of sp³-hybridized carbons (Fsp3) is 0. The molecule has 0 spiro atoms. The van der Waals surface area contributed by atoms with Crippen molar-refractivity contribution in [3.05, 3.63) is 94.0 Å². The molecule has 0 saturated carbocycles.